The van der Waals surface area contributed by atoms with Gasteiger partial charge in [0, 0.05) is 45.0 Å². The molecule has 0 saturated carbocycles. The highest BCUT2D eigenvalue weighted by Crippen LogP contribution is 2.39. The van der Waals surface area contributed by atoms with Crippen molar-refractivity contribution in [2.45, 2.75) is 13.3 Å². The molecule has 0 spiro atoms. The highest BCUT2D eigenvalue weighted by molar-refractivity contribution is 6.20. The van der Waals surface area contributed by atoms with E-state index in [9.17, 15) is 0 Å². The van der Waals surface area contributed by atoms with Crippen LogP contribution in [0.2, 0.25) is 0 Å². The van der Waals surface area contributed by atoms with E-state index < -0.39 is 0 Å². The lowest BCUT2D eigenvalue weighted by atomic mass is 9.96. The van der Waals surface area contributed by atoms with Gasteiger partial charge in [0.1, 0.15) is 5.82 Å². The summed E-state index contributed by atoms with van der Waals surface area (Å²) in [5, 5.41) is 6.80. The molecule has 3 heterocycles. The number of rotatable bonds is 6. The quantitative estimate of drug-likeness (QED) is 0.160. The fraction of sp³-hybridized carbons (Fsp3) is 0.0385. The Labute approximate surface area is 329 Å². The van der Waals surface area contributed by atoms with Gasteiger partial charge in [0.2, 0.25) is 0 Å². The SMILES string of the molecule is CCc1nc2c3c(-c4ccc(-c5ccc(-c6nc(-c7ccc8ccccc8c7)c7ccccc7n6)cc5)cc4)nc4ccccc4c3ccc2n1-c1ccccc1. The first-order chi connectivity index (χ1) is 28.2. The van der Waals surface area contributed by atoms with E-state index in [1.54, 1.807) is 0 Å². The maximum atomic E-state index is 5.31. The summed E-state index contributed by atoms with van der Waals surface area (Å²) in [4.78, 5) is 20.8. The molecule has 3 aromatic heterocycles. The van der Waals surface area contributed by atoms with Crippen LogP contribution >= 0.6 is 0 Å². The predicted octanol–water partition coefficient (Wildman–Crippen LogP) is 13.1. The third-order valence-electron chi connectivity index (χ3n) is 11.2. The number of nitrogens with zero attached hydrogens (tertiary/aromatic N) is 5. The van der Waals surface area contributed by atoms with E-state index in [1.165, 1.54) is 10.8 Å². The van der Waals surface area contributed by atoms with E-state index in [2.05, 4.69) is 187 Å². The Morgan fingerprint density at radius 1 is 0.421 bits per heavy atom. The van der Waals surface area contributed by atoms with Crippen LogP contribution in [0.5, 0.6) is 0 Å². The number of aryl methyl sites for hydroxylation is 1. The van der Waals surface area contributed by atoms with Gasteiger partial charge in [-0.25, -0.2) is 19.9 Å². The number of aromatic nitrogens is 5. The zero-order chi connectivity index (χ0) is 37.9. The Bertz CT molecular complexity index is 3310. The second-order valence-corrected chi connectivity index (χ2v) is 14.5. The van der Waals surface area contributed by atoms with Crippen molar-refractivity contribution in [2.24, 2.45) is 0 Å². The Balaban J connectivity index is 0.983. The Hall–Kier alpha value is -7.50. The van der Waals surface area contributed by atoms with Crippen LogP contribution in [-0.2, 0) is 6.42 Å². The number of imidazole rings is 1. The number of para-hydroxylation sites is 3. The van der Waals surface area contributed by atoms with Gasteiger partial charge in [-0.15, -0.1) is 0 Å². The average molecular weight is 730 g/mol. The first-order valence-corrected chi connectivity index (χ1v) is 19.5. The van der Waals surface area contributed by atoms with Gasteiger partial charge in [0.15, 0.2) is 5.82 Å². The van der Waals surface area contributed by atoms with Gasteiger partial charge in [-0.05, 0) is 63.7 Å². The predicted molar refractivity (Wildman–Crippen MR) is 236 cm³/mol. The van der Waals surface area contributed by atoms with Crippen LogP contribution in [0.15, 0.2) is 182 Å². The average Bonchev–Trinajstić information content (AvgIpc) is 3.68. The smallest absolute Gasteiger partial charge is 0.160 e. The van der Waals surface area contributed by atoms with E-state index in [0.29, 0.717) is 5.82 Å². The standard InChI is InChI=1S/C52H35N5/c1-2-47-55-51-46(57(47)40-14-4-3-5-15-40)31-30-42-41-16-8-10-18-44(41)53-50(48(42)51)36-25-20-34(21-26-36)35-22-27-37(28-23-35)52-54-45-19-11-9-17-43(45)49(56-52)39-29-24-33-12-6-7-13-38(33)32-39/h3-32H,2H2,1H3. The molecule has 5 nitrogen and oxygen atoms in total. The number of hydrogen-bond donors (Lipinski definition) is 0. The lowest BCUT2D eigenvalue weighted by Gasteiger charge is -2.13. The summed E-state index contributed by atoms with van der Waals surface area (Å²) in [5.74, 6) is 1.74. The monoisotopic (exact) mass is 729 g/mol. The summed E-state index contributed by atoms with van der Waals surface area (Å²) in [6.45, 7) is 2.17. The number of fused-ring (bicyclic) bond motifs is 7. The molecule has 0 unspecified atom stereocenters. The molecule has 0 aliphatic rings. The summed E-state index contributed by atoms with van der Waals surface area (Å²) in [5.41, 5.74) is 12.3. The van der Waals surface area contributed by atoms with Crippen molar-refractivity contribution in [1.29, 1.82) is 0 Å². The minimum atomic E-state index is 0.709. The molecule has 0 saturated heterocycles. The van der Waals surface area contributed by atoms with E-state index in [-0.39, 0.29) is 0 Å². The molecule has 57 heavy (non-hydrogen) atoms. The zero-order valence-electron chi connectivity index (χ0n) is 31.3. The lowest BCUT2D eigenvalue weighted by Crippen LogP contribution is -1.99. The molecule has 0 atom stereocenters. The van der Waals surface area contributed by atoms with Crippen molar-refractivity contribution in [3.63, 3.8) is 0 Å². The van der Waals surface area contributed by atoms with Crippen LogP contribution in [0.25, 0.3) is 105 Å². The third kappa shape index (κ3) is 5.55. The molecule has 0 bridgehead atoms. The molecule has 0 radical (unpaired) electrons. The summed E-state index contributed by atoms with van der Waals surface area (Å²) in [6.07, 6.45) is 0.813. The Morgan fingerprint density at radius 2 is 1.04 bits per heavy atom. The minimum Gasteiger partial charge on any atom is -0.296 e. The highest BCUT2D eigenvalue weighted by atomic mass is 15.1. The van der Waals surface area contributed by atoms with Crippen molar-refractivity contribution in [3.8, 4) is 50.7 Å². The topological polar surface area (TPSA) is 56.5 Å². The molecule has 268 valence electrons. The van der Waals surface area contributed by atoms with E-state index in [4.69, 9.17) is 19.9 Å². The first-order valence-electron chi connectivity index (χ1n) is 19.5. The van der Waals surface area contributed by atoms with Crippen LogP contribution in [0.1, 0.15) is 12.7 Å². The highest BCUT2D eigenvalue weighted by Gasteiger charge is 2.20. The second kappa shape index (κ2) is 13.4. The zero-order valence-corrected chi connectivity index (χ0v) is 31.3. The van der Waals surface area contributed by atoms with E-state index in [1.807, 2.05) is 6.07 Å². The van der Waals surface area contributed by atoms with Gasteiger partial charge in [-0.3, -0.25) is 4.57 Å². The number of benzene rings is 8. The van der Waals surface area contributed by atoms with Crippen LogP contribution in [0.3, 0.4) is 0 Å². The van der Waals surface area contributed by atoms with Gasteiger partial charge < -0.3 is 0 Å². The van der Waals surface area contributed by atoms with Crippen molar-refractivity contribution in [3.05, 3.63) is 188 Å². The summed E-state index contributed by atoms with van der Waals surface area (Å²) in [6, 6.07) is 64.0. The second-order valence-electron chi connectivity index (χ2n) is 14.5. The summed E-state index contributed by atoms with van der Waals surface area (Å²) >= 11 is 0. The van der Waals surface area contributed by atoms with Gasteiger partial charge in [-0.1, -0.05) is 153 Å². The van der Waals surface area contributed by atoms with E-state index in [0.717, 1.165) is 101 Å². The molecular formula is C52H35N5. The van der Waals surface area contributed by atoms with Crippen molar-refractivity contribution >= 4 is 54.4 Å². The fourth-order valence-corrected chi connectivity index (χ4v) is 8.34. The Kier molecular flexibility index (Phi) is 7.71. The molecule has 8 aromatic carbocycles. The normalized spacial score (nSPS) is 11.7. The molecule has 0 amide bonds. The van der Waals surface area contributed by atoms with Crippen LogP contribution < -0.4 is 0 Å². The summed E-state index contributed by atoms with van der Waals surface area (Å²) < 4.78 is 2.29. The molecule has 0 aliphatic heterocycles. The van der Waals surface area contributed by atoms with Gasteiger partial charge >= 0.3 is 0 Å². The van der Waals surface area contributed by atoms with Gasteiger partial charge in [0.25, 0.3) is 0 Å². The molecule has 0 aliphatic carbocycles. The molecule has 0 N–H and O–H groups in total. The Morgan fingerprint density at radius 3 is 1.79 bits per heavy atom. The number of pyridine rings is 1. The summed E-state index contributed by atoms with van der Waals surface area (Å²) in [7, 11) is 0. The van der Waals surface area contributed by atoms with Crippen molar-refractivity contribution in [2.75, 3.05) is 0 Å². The van der Waals surface area contributed by atoms with Crippen LogP contribution in [-0.4, -0.2) is 24.5 Å². The molecule has 0 fully saturated rings. The van der Waals surface area contributed by atoms with Crippen molar-refractivity contribution in [1.82, 2.24) is 24.5 Å². The minimum absolute atomic E-state index is 0.709. The maximum absolute atomic E-state index is 5.31. The van der Waals surface area contributed by atoms with E-state index >= 15 is 0 Å². The molecule has 11 aromatic rings. The maximum Gasteiger partial charge on any atom is 0.160 e. The largest absolute Gasteiger partial charge is 0.296 e. The van der Waals surface area contributed by atoms with Crippen molar-refractivity contribution < 1.29 is 0 Å². The fourth-order valence-electron chi connectivity index (χ4n) is 8.34. The molecule has 11 rings (SSSR count). The number of hydrogen-bond acceptors (Lipinski definition) is 4. The third-order valence-corrected chi connectivity index (χ3v) is 11.2. The van der Waals surface area contributed by atoms with Crippen LogP contribution in [0.4, 0.5) is 0 Å². The first kappa shape index (κ1) is 32.9. The van der Waals surface area contributed by atoms with Gasteiger partial charge in [-0.2, -0.15) is 0 Å². The van der Waals surface area contributed by atoms with Crippen LogP contribution in [0, 0.1) is 0 Å². The molecular weight excluding hydrogens is 695 g/mol. The van der Waals surface area contributed by atoms with Gasteiger partial charge in [0.05, 0.1) is 33.5 Å². The molecule has 5 heteroatoms. The lowest BCUT2D eigenvalue weighted by molar-refractivity contribution is 0.908.